The second-order valence-corrected chi connectivity index (χ2v) is 9.84. The summed E-state index contributed by atoms with van der Waals surface area (Å²) in [6.45, 7) is 10.7. The number of ether oxygens (including phenoxy) is 1. The maximum atomic E-state index is 13.4. The summed E-state index contributed by atoms with van der Waals surface area (Å²) in [4.78, 5) is 30.8. The molecule has 0 saturated carbocycles. The molecule has 1 atom stereocenters. The van der Waals surface area contributed by atoms with Gasteiger partial charge in [0.05, 0.1) is 6.04 Å². The number of hydrogen-bond donors (Lipinski definition) is 1. The SMILES string of the molecule is CCCNC(=O)N(CCC)CC(=O)N1CCc2sccc2C1COc1ccc(C(C)C)cc1. The number of nitrogens with one attached hydrogen (secondary N) is 1. The first kappa shape index (κ1) is 25.1. The van der Waals surface area contributed by atoms with Gasteiger partial charge in [0, 0.05) is 24.5 Å². The Morgan fingerprint density at radius 3 is 2.61 bits per heavy atom. The molecular formula is C26H37N3O3S. The molecule has 0 aliphatic carbocycles. The third kappa shape index (κ3) is 6.50. The number of thiophene rings is 1. The van der Waals surface area contributed by atoms with Crippen LogP contribution in [0.1, 0.15) is 68.5 Å². The number of hydrogen-bond acceptors (Lipinski definition) is 4. The van der Waals surface area contributed by atoms with Crippen LogP contribution in [0.3, 0.4) is 0 Å². The monoisotopic (exact) mass is 471 g/mol. The van der Waals surface area contributed by atoms with Gasteiger partial charge in [0.15, 0.2) is 0 Å². The van der Waals surface area contributed by atoms with Gasteiger partial charge in [-0.3, -0.25) is 4.79 Å². The minimum atomic E-state index is -0.168. The van der Waals surface area contributed by atoms with Crippen molar-refractivity contribution < 1.29 is 14.3 Å². The first-order valence-corrected chi connectivity index (χ1v) is 12.9. The van der Waals surface area contributed by atoms with Crippen LogP contribution < -0.4 is 10.1 Å². The van der Waals surface area contributed by atoms with Gasteiger partial charge < -0.3 is 19.9 Å². The van der Waals surface area contributed by atoms with E-state index in [1.807, 2.05) is 30.9 Å². The Kier molecular flexibility index (Phi) is 9.18. The van der Waals surface area contributed by atoms with Crippen molar-refractivity contribution in [3.63, 3.8) is 0 Å². The van der Waals surface area contributed by atoms with E-state index in [-0.39, 0.29) is 24.5 Å². The minimum Gasteiger partial charge on any atom is -0.491 e. The maximum absolute atomic E-state index is 13.4. The molecule has 1 aromatic carbocycles. The highest BCUT2D eigenvalue weighted by atomic mass is 32.1. The van der Waals surface area contributed by atoms with E-state index in [9.17, 15) is 9.59 Å². The van der Waals surface area contributed by atoms with Gasteiger partial charge in [-0.05, 0) is 59.9 Å². The quantitative estimate of drug-likeness (QED) is 0.518. The lowest BCUT2D eigenvalue weighted by Gasteiger charge is -2.37. The summed E-state index contributed by atoms with van der Waals surface area (Å²) in [6, 6.07) is 9.97. The maximum Gasteiger partial charge on any atom is 0.317 e. The first-order valence-electron chi connectivity index (χ1n) is 12.1. The third-order valence-electron chi connectivity index (χ3n) is 6.00. The first-order chi connectivity index (χ1) is 15.9. The van der Waals surface area contributed by atoms with Crippen LogP contribution in [0.15, 0.2) is 35.7 Å². The fraction of sp³-hybridized carbons (Fsp3) is 0.538. The highest BCUT2D eigenvalue weighted by Gasteiger charge is 2.33. The van der Waals surface area contributed by atoms with Gasteiger partial charge >= 0.3 is 6.03 Å². The average molecular weight is 472 g/mol. The van der Waals surface area contributed by atoms with Crippen molar-refractivity contribution in [1.82, 2.24) is 15.1 Å². The number of amides is 3. The highest BCUT2D eigenvalue weighted by molar-refractivity contribution is 7.10. The lowest BCUT2D eigenvalue weighted by molar-refractivity contribution is -0.135. The summed E-state index contributed by atoms with van der Waals surface area (Å²) in [7, 11) is 0. The summed E-state index contributed by atoms with van der Waals surface area (Å²) < 4.78 is 6.16. The van der Waals surface area contributed by atoms with Gasteiger partial charge in [-0.2, -0.15) is 0 Å². The van der Waals surface area contributed by atoms with E-state index in [0.717, 1.165) is 30.6 Å². The van der Waals surface area contributed by atoms with Gasteiger partial charge in [0.2, 0.25) is 5.91 Å². The highest BCUT2D eigenvalue weighted by Crippen LogP contribution is 2.34. The number of carbonyl (C=O) groups excluding carboxylic acids is 2. The minimum absolute atomic E-state index is 0.0318. The molecule has 1 aliphatic heterocycles. The molecule has 0 radical (unpaired) electrons. The zero-order valence-corrected chi connectivity index (χ0v) is 21.1. The molecule has 3 amide bonds. The summed E-state index contributed by atoms with van der Waals surface area (Å²) in [6.07, 6.45) is 2.51. The number of fused-ring (bicyclic) bond motifs is 1. The predicted octanol–water partition coefficient (Wildman–Crippen LogP) is 5.21. The van der Waals surface area contributed by atoms with Gasteiger partial charge in [-0.1, -0.05) is 39.8 Å². The van der Waals surface area contributed by atoms with Crippen molar-refractivity contribution in [2.75, 3.05) is 32.8 Å². The predicted molar refractivity (Wildman–Crippen MR) is 134 cm³/mol. The molecule has 1 unspecified atom stereocenters. The number of carbonyl (C=O) groups is 2. The molecule has 2 heterocycles. The molecule has 1 aliphatic rings. The molecule has 0 spiro atoms. The van der Waals surface area contributed by atoms with Gasteiger partial charge in [-0.15, -0.1) is 11.3 Å². The van der Waals surface area contributed by atoms with E-state index >= 15 is 0 Å². The van der Waals surface area contributed by atoms with Crippen molar-refractivity contribution >= 4 is 23.3 Å². The van der Waals surface area contributed by atoms with E-state index in [4.69, 9.17) is 4.74 Å². The summed E-state index contributed by atoms with van der Waals surface area (Å²) in [5, 5.41) is 4.99. The summed E-state index contributed by atoms with van der Waals surface area (Å²) in [5.74, 6) is 1.25. The van der Waals surface area contributed by atoms with Crippen molar-refractivity contribution in [2.24, 2.45) is 0 Å². The molecule has 6 nitrogen and oxygen atoms in total. The van der Waals surface area contributed by atoms with Crippen LogP contribution in [0.2, 0.25) is 0 Å². The summed E-state index contributed by atoms with van der Waals surface area (Å²) >= 11 is 1.74. The smallest absolute Gasteiger partial charge is 0.317 e. The van der Waals surface area contributed by atoms with Crippen LogP contribution >= 0.6 is 11.3 Å². The molecule has 1 aromatic heterocycles. The third-order valence-corrected chi connectivity index (χ3v) is 7.00. The zero-order valence-electron chi connectivity index (χ0n) is 20.3. The number of urea groups is 1. The van der Waals surface area contributed by atoms with E-state index in [0.29, 0.717) is 32.2 Å². The fourth-order valence-electron chi connectivity index (χ4n) is 4.12. The van der Waals surface area contributed by atoms with Crippen LogP contribution in [-0.2, 0) is 11.2 Å². The zero-order chi connectivity index (χ0) is 23.8. The van der Waals surface area contributed by atoms with Crippen molar-refractivity contribution in [3.8, 4) is 5.75 Å². The topological polar surface area (TPSA) is 61.9 Å². The van der Waals surface area contributed by atoms with Crippen molar-refractivity contribution in [2.45, 2.75) is 58.9 Å². The fourth-order valence-corrected chi connectivity index (χ4v) is 5.05. The standard InChI is InChI=1S/C26H37N3O3S/c1-5-13-27-26(31)28(14-6-2)17-25(30)29-15-11-24-22(12-16-33-24)23(29)18-32-21-9-7-20(8-10-21)19(3)4/h7-10,12,16,19,23H,5-6,11,13-15,17-18H2,1-4H3,(H,27,31). The molecule has 33 heavy (non-hydrogen) atoms. The molecule has 0 bridgehead atoms. The van der Waals surface area contributed by atoms with E-state index in [1.165, 1.54) is 10.4 Å². The van der Waals surface area contributed by atoms with E-state index in [2.05, 4.69) is 42.7 Å². The molecule has 2 aromatic rings. The molecule has 0 saturated heterocycles. The second-order valence-electron chi connectivity index (χ2n) is 8.84. The van der Waals surface area contributed by atoms with Crippen molar-refractivity contribution in [3.05, 3.63) is 51.7 Å². The molecule has 1 N–H and O–H groups in total. The molecular weight excluding hydrogens is 434 g/mol. The van der Waals surface area contributed by atoms with Gasteiger partial charge in [0.1, 0.15) is 18.9 Å². The number of benzene rings is 1. The molecule has 7 heteroatoms. The van der Waals surface area contributed by atoms with Crippen LogP contribution in [0.25, 0.3) is 0 Å². The largest absolute Gasteiger partial charge is 0.491 e. The molecule has 3 rings (SSSR count). The second kappa shape index (κ2) is 12.1. The Hall–Kier alpha value is -2.54. The average Bonchev–Trinajstić information content (AvgIpc) is 3.30. The Labute approximate surface area is 201 Å². The lowest BCUT2D eigenvalue weighted by Crippen LogP contribution is -2.50. The Balaban J connectivity index is 1.72. The molecule has 0 fully saturated rings. The van der Waals surface area contributed by atoms with E-state index < -0.39 is 0 Å². The Bertz CT molecular complexity index is 910. The summed E-state index contributed by atoms with van der Waals surface area (Å²) in [5.41, 5.74) is 2.44. The van der Waals surface area contributed by atoms with Crippen molar-refractivity contribution in [1.29, 1.82) is 0 Å². The van der Waals surface area contributed by atoms with Gasteiger partial charge in [-0.25, -0.2) is 4.79 Å². The van der Waals surface area contributed by atoms with Crippen LogP contribution in [0, 0.1) is 0 Å². The lowest BCUT2D eigenvalue weighted by atomic mass is 10.00. The number of rotatable bonds is 10. The van der Waals surface area contributed by atoms with Crippen LogP contribution in [0.5, 0.6) is 5.75 Å². The Morgan fingerprint density at radius 1 is 1.18 bits per heavy atom. The van der Waals surface area contributed by atoms with E-state index in [1.54, 1.807) is 16.2 Å². The van der Waals surface area contributed by atoms with Crippen LogP contribution in [-0.4, -0.2) is 54.5 Å². The number of nitrogens with zero attached hydrogens (tertiary/aromatic N) is 2. The normalized spacial score (nSPS) is 15.3. The Morgan fingerprint density at radius 2 is 1.94 bits per heavy atom. The van der Waals surface area contributed by atoms with Gasteiger partial charge in [0.25, 0.3) is 0 Å². The molecule has 180 valence electrons. The van der Waals surface area contributed by atoms with Crippen LogP contribution in [0.4, 0.5) is 4.79 Å².